The fourth-order valence-corrected chi connectivity index (χ4v) is 5.97. The third kappa shape index (κ3) is 9.70. The summed E-state index contributed by atoms with van der Waals surface area (Å²) in [6.07, 6.45) is 12.9. The third-order valence-corrected chi connectivity index (χ3v) is 9.01. The van der Waals surface area contributed by atoms with Crippen molar-refractivity contribution in [3.8, 4) is 5.75 Å². The molecule has 0 aliphatic carbocycles. The van der Waals surface area contributed by atoms with E-state index in [0.717, 1.165) is 36.8 Å². The molecule has 3 atom stereocenters. The van der Waals surface area contributed by atoms with Crippen molar-refractivity contribution in [3.05, 3.63) is 70.3 Å². The van der Waals surface area contributed by atoms with E-state index in [1.165, 1.54) is 48.8 Å². The summed E-state index contributed by atoms with van der Waals surface area (Å²) in [6, 6.07) is 12.7. The predicted molar refractivity (Wildman–Crippen MR) is 174 cm³/mol. The van der Waals surface area contributed by atoms with E-state index in [4.69, 9.17) is 4.74 Å². The van der Waals surface area contributed by atoms with E-state index >= 15 is 0 Å². The first-order valence-corrected chi connectivity index (χ1v) is 16.2. The minimum absolute atomic E-state index is 0.0269. The normalized spacial score (nSPS) is 15.0. The highest BCUT2D eigenvalue weighted by atomic mass is 16.5. The van der Waals surface area contributed by atoms with E-state index in [1.807, 2.05) is 25.1 Å². The Hall–Kier alpha value is -2.63. The number of ether oxygens (including phenoxy) is 1. The van der Waals surface area contributed by atoms with Gasteiger partial charge in [-0.2, -0.15) is 0 Å². The molecule has 0 radical (unpaired) electrons. The maximum absolute atomic E-state index is 11.7. The minimum atomic E-state index is -1.10. The standard InChI is InChI=1S/C37H56O5/c1-8-12-13-14-15-16-22-36(41,9-2)23-21-30-17-18-31(24-27(30)5)37(10-3,11-4)32-19-20-33(28(6)25-32)42-34(35(39)40)26-29(7)38/h17-21,23-25,29,34,38,41H,8-16,22,26H2,1-7H3,(H,39,40). The van der Waals surface area contributed by atoms with Crippen molar-refractivity contribution in [2.24, 2.45) is 0 Å². The van der Waals surface area contributed by atoms with Gasteiger partial charge < -0.3 is 20.1 Å². The molecular formula is C37H56O5. The van der Waals surface area contributed by atoms with Gasteiger partial charge in [-0.05, 0) is 80.3 Å². The Kier molecular flexibility index (Phi) is 14.3. The van der Waals surface area contributed by atoms with Crippen molar-refractivity contribution in [3.63, 3.8) is 0 Å². The zero-order valence-corrected chi connectivity index (χ0v) is 27.2. The van der Waals surface area contributed by atoms with Crippen LogP contribution in [0, 0.1) is 13.8 Å². The quantitative estimate of drug-likeness (QED) is 0.144. The fourth-order valence-electron chi connectivity index (χ4n) is 5.97. The molecule has 0 aliphatic heterocycles. The van der Waals surface area contributed by atoms with Crippen LogP contribution in [-0.4, -0.2) is 39.1 Å². The maximum atomic E-state index is 11.7. The molecule has 0 spiro atoms. The van der Waals surface area contributed by atoms with Gasteiger partial charge in [-0.15, -0.1) is 0 Å². The first-order valence-electron chi connectivity index (χ1n) is 16.2. The number of carbonyl (C=O) groups is 1. The second kappa shape index (κ2) is 16.9. The molecule has 0 amide bonds. The zero-order valence-electron chi connectivity index (χ0n) is 27.2. The lowest BCUT2D eigenvalue weighted by molar-refractivity contribution is -0.146. The summed E-state index contributed by atoms with van der Waals surface area (Å²) in [5.41, 5.74) is 4.59. The smallest absolute Gasteiger partial charge is 0.344 e. The largest absolute Gasteiger partial charge is 0.479 e. The summed E-state index contributed by atoms with van der Waals surface area (Å²) in [5.74, 6) is -0.561. The molecule has 3 N–H and O–H groups in total. The molecule has 0 fully saturated rings. The van der Waals surface area contributed by atoms with E-state index < -0.39 is 23.8 Å². The SMILES string of the molecule is CCCCCCCCC(O)(C=Cc1ccc(C(CC)(CC)c2ccc(OC(CC(C)O)C(=O)O)c(C)c2)cc1C)CC. The van der Waals surface area contributed by atoms with Crippen LogP contribution in [-0.2, 0) is 10.2 Å². The highest BCUT2D eigenvalue weighted by molar-refractivity contribution is 5.73. The molecule has 0 saturated heterocycles. The molecule has 3 unspecified atom stereocenters. The summed E-state index contributed by atoms with van der Waals surface area (Å²) in [4.78, 5) is 11.7. The summed E-state index contributed by atoms with van der Waals surface area (Å²) in [7, 11) is 0. The van der Waals surface area contributed by atoms with Gasteiger partial charge in [-0.3, -0.25) is 0 Å². The van der Waals surface area contributed by atoms with Crippen LogP contribution in [0.5, 0.6) is 5.75 Å². The van der Waals surface area contributed by atoms with Crippen molar-refractivity contribution >= 4 is 12.0 Å². The van der Waals surface area contributed by atoms with Gasteiger partial charge in [0.1, 0.15) is 5.75 Å². The molecule has 42 heavy (non-hydrogen) atoms. The lowest BCUT2D eigenvalue weighted by atomic mass is 9.70. The van der Waals surface area contributed by atoms with Crippen molar-refractivity contribution in [2.45, 2.75) is 142 Å². The molecule has 2 aromatic carbocycles. The first kappa shape index (κ1) is 35.6. The molecule has 0 aromatic heterocycles. The fraction of sp³-hybridized carbons (Fsp3) is 0.595. The van der Waals surface area contributed by atoms with Gasteiger partial charge in [-0.25, -0.2) is 4.79 Å². The molecule has 234 valence electrons. The molecular weight excluding hydrogens is 524 g/mol. The number of carboxylic acid groups (broad SMARTS) is 1. The van der Waals surface area contributed by atoms with Crippen LogP contribution >= 0.6 is 0 Å². The zero-order chi connectivity index (χ0) is 31.3. The van der Waals surface area contributed by atoms with Gasteiger partial charge in [0.05, 0.1) is 11.7 Å². The number of rotatable bonds is 19. The Bertz CT molecular complexity index is 1150. The predicted octanol–water partition coefficient (Wildman–Crippen LogP) is 8.92. The molecule has 0 aliphatic rings. The van der Waals surface area contributed by atoms with Gasteiger partial charge in [0, 0.05) is 11.8 Å². The Morgan fingerprint density at radius 1 is 0.881 bits per heavy atom. The second-order valence-corrected chi connectivity index (χ2v) is 12.2. The molecule has 5 nitrogen and oxygen atoms in total. The summed E-state index contributed by atoms with van der Waals surface area (Å²) in [6.45, 7) is 14.3. The van der Waals surface area contributed by atoms with Gasteiger partial charge in [0.15, 0.2) is 6.10 Å². The average molecular weight is 581 g/mol. The Morgan fingerprint density at radius 3 is 2.00 bits per heavy atom. The van der Waals surface area contributed by atoms with Crippen molar-refractivity contribution in [2.75, 3.05) is 0 Å². The van der Waals surface area contributed by atoms with Crippen LogP contribution in [0.25, 0.3) is 6.08 Å². The Labute approximate surface area is 255 Å². The molecule has 0 saturated carbocycles. The average Bonchev–Trinajstić information content (AvgIpc) is 2.96. The van der Waals surface area contributed by atoms with Crippen LogP contribution < -0.4 is 4.74 Å². The first-order chi connectivity index (χ1) is 19.9. The lowest BCUT2D eigenvalue weighted by Crippen LogP contribution is -2.31. The van der Waals surface area contributed by atoms with Crippen LogP contribution in [0.1, 0.15) is 133 Å². The second-order valence-electron chi connectivity index (χ2n) is 12.2. The monoisotopic (exact) mass is 580 g/mol. The van der Waals surface area contributed by atoms with E-state index in [0.29, 0.717) is 12.2 Å². The van der Waals surface area contributed by atoms with Gasteiger partial charge >= 0.3 is 5.97 Å². The van der Waals surface area contributed by atoms with Crippen molar-refractivity contribution < 1.29 is 24.9 Å². The van der Waals surface area contributed by atoms with E-state index in [2.05, 4.69) is 65.0 Å². The maximum Gasteiger partial charge on any atom is 0.344 e. The van der Waals surface area contributed by atoms with Gasteiger partial charge in [-0.1, -0.05) is 109 Å². The molecule has 2 rings (SSSR count). The van der Waals surface area contributed by atoms with Crippen LogP contribution in [0.15, 0.2) is 42.5 Å². The molecule has 2 aromatic rings. The molecule has 0 heterocycles. The number of carboxylic acids is 1. The number of hydrogen-bond acceptors (Lipinski definition) is 4. The van der Waals surface area contributed by atoms with E-state index in [1.54, 1.807) is 6.92 Å². The van der Waals surface area contributed by atoms with Crippen molar-refractivity contribution in [1.29, 1.82) is 0 Å². The highest BCUT2D eigenvalue weighted by Crippen LogP contribution is 2.41. The van der Waals surface area contributed by atoms with Crippen molar-refractivity contribution in [1.82, 2.24) is 0 Å². The van der Waals surface area contributed by atoms with E-state index in [-0.39, 0.29) is 11.8 Å². The summed E-state index contributed by atoms with van der Waals surface area (Å²) < 4.78 is 5.82. The number of benzene rings is 2. The van der Waals surface area contributed by atoms with Crippen LogP contribution in [0.4, 0.5) is 0 Å². The topological polar surface area (TPSA) is 87.0 Å². The van der Waals surface area contributed by atoms with Gasteiger partial charge in [0.25, 0.3) is 0 Å². The number of aryl methyl sites for hydroxylation is 2. The number of aliphatic carboxylic acids is 1. The minimum Gasteiger partial charge on any atom is -0.479 e. The summed E-state index contributed by atoms with van der Waals surface area (Å²) in [5, 5.41) is 30.5. The number of unbranched alkanes of at least 4 members (excludes halogenated alkanes) is 5. The number of hydrogen-bond donors (Lipinski definition) is 3. The van der Waals surface area contributed by atoms with E-state index in [9.17, 15) is 20.1 Å². The van der Waals surface area contributed by atoms with Crippen LogP contribution in [0.3, 0.4) is 0 Å². The highest BCUT2D eigenvalue weighted by Gasteiger charge is 2.32. The molecule has 5 heteroatoms. The Balaban J connectivity index is 2.28. The van der Waals surface area contributed by atoms with Gasteiger partial charge in [0.2, 0.25) is 0 Å². The van der Waals surface area contributed by atoms with Crippen LogP contribution in [0.2, 0.25) is 0 Å². The third-order valence-electron chi connectivity index (χ3n) is 9.01. The lowest BCUT2D eigenvalue weighted by Gasteiger charge is -2.34. The molecule has 0 bridgehead atoms. The Morgan fingerprint density at radius 2 is 1.48 bits per heavy atom. The number of aliphatic hydroxyl groups is 2. The summed E-state index contributed by atoms with van der Waals surface area (Å²) >= 11 is 0. The number of aliphatic hydroxyl groups excluding tert-OH is 1.